The van der Waals surface area contributed by atoms with Crippen LogP contribution < -0.4 is 4.74 Å². The van der Waals surface area contributed by atoms with Gasteiger partial charge in [0.15, 0.2) is 11.5 Å². The summed E-state index contributed by atoms with van der Waals surface area (Å²) < 4.78 is 5.55. The largest absolute Gasteiger partial charge is 0.504 e. The summed E-state index contributed by atoms with van der Waals surface area (Å²) >= 11 is 0. The standard InChI is InChI=1S/C15H16O2/c1-2-12-7-9-13(10-8-12)11-17-15-6-4-3-5-14(15)16/h3-10,16H,2,11H2,1H3. The van der Waals surface area contributed by atoms with Crippen molar-refractivity contribution in [1.29, 1.82) is 0 Å². The molecule has 1 N–H and O–H groups in total. The van der Waals surface area contributed by atoms with E-state index < -0.39 is 0 Å². The zero-order chi connectivity index (χ0) is 12.1. The Morgan fingerprint density at radius 2 is 1.59 bits per heavy atom. The van der Waals surface area contributed by atoms with Gasteiger partial charge in [-0.3, -0.25) is 0 Å². The van der Waals surface area contributed by atoms with Gasteiger partial charge >= 0.3 is 0 Å². The number of aromatic hydroxyl groups is 1. The van der Waals surface area contributed by atoms with E-state index in [1.807, 2.05) is 6.07 Å². The second-order valence-corrected chi connectivity index (χ2v) is 3.93. The number of ether oxygens (including phenoxy) is 1. The number of hydrogen-bond acceptors (Lipinski definition) is 2. The van der Waals surface area contributed by atoms with Crippen molar-refractivity contribution in [2.24, 2.45) is 0 Å². The van der Waals surface area contributed by atoms with Gasteiger partial charge in [-0.15, -0.1) is 0 Å². The van der Waals surface area contributed by atoms with Gasteiger partial charge in [0, 0.05) is 0 Å². The number of rotatable bonds is 4. The summed E-state index contributed by atoms with van der Waals surface area (Å²) in [5.74, 6) is 0.699. The van der Waals surface area contributed by atoms with E-state index in [0.29, 0.717) is 12.4 Å². The fourth-order valence-corrected chi connectivity index (χ4v) is 1.61. The maximum Gasteiger partial charge on any atom is 0.161 e. The molecule has 2 heteroatoms. The number of phenolic OH excluding ortho intramolecular Hbond substituents is 1. The molecule has 0 bridgehead atoms. The molecule has 2 aromatic carbocycles. The Morgan fingerprint density at radius 3 is 2.24 bits per heavy atom. The second kappa shape index (κ2) is 5.39. The normalized spacial score (nSPS) is 10.2. The minimum absolute atomic E-state index is 0.178. The van der Waals surface area contributed by atoms with Crippen LogP contribution in [0.15, 0.2) is 48.5 Å². The van der Waals surface area contributed by atoms with Crippen molar-refractivity contribution in [2.75, 3.05) is 0 Å². The zero-order valence-corrected chi connectivity index (χ0v) is 9.89. The van der Waals surface area contributed by atoms with E-state index in [0.717, 1.165) is 12.0 Å². The van der Waals surface area contributed by atoms with Crippen LogP contribution in [0.3, 0.4) is 0 Å². The first-order valence-electron chi connectivity index (χ1n) is 5.78. The highest BCUT2D eigenvalue weighted by molar-refractivity contribution is 5.38. The lowest BCUT2D eigenvalue weighted by Gasteiger charge is -2.08. The molecule has 0 saturated carbocycles. The molecule has 2 rings (SSSR count). The Bertz CT molecular complexity index is 475. The summed E-state index contributed by atoms with van der Waals surface area (Å²) in [6, 6.07) is 15.3. The highest BCUT2D eigenvalue weighted by Crippen LogP contribution is 2.25. The molecular formula is C15H16O2. The van der Waals surface area contributed by atoms with Crippen molar-refractivity contribution < 1.29 is 9.84 Å². The average molecular weight is 228 g/mol. The van der Waals surface area contributed by atoms with Gasteiger partial charge in [0.25, 0.3) is 0 Å². The van der Waals surface area contributed by atoms with Crippen LogP contribution in [0, 0.1) is 0 Å². The predicted molar refractivity (Wildman–Crippen MR) is 68.3 cm³/mol. The molecule has 0 aliphatic heterocycles. The van der Waals surface area contributed by atoms with E-state index in [4.69, 9.17) is 4.74 Å². The summed E-state index contributed by atoms with van der Waals surface area (Å²) in [5.41, 5.74) is 2.42. The molecule has 0 aliphatic rings. The van der Waals surface area contributed by atoms with E-state index in [2.05, 4.69) is 31.2 Å². The molecular weight excluding hydrogens is 212 g/mol. The molecule has 2 nitrogen and oxygen atoms in total. The van der Waals surface area contributed by atoms with Gasteiger partial charge in [-0.1, -0.05) is 43.3 Å². The monoisotopic (exact) mass is 228 g/mol. The zero-order valence-electron chi connectivity index (χ0n) is 9.89. The number of hydrogen-bond donors (Lipinski definition) is 1. The summed E-state index contributed by atoms with van der Waals surface area (Å²) in [6.45, 7) is 2.61. The van der Waals surface area contributed by atoms with Crippen molar-refractivity contribution >= 4 is 0 Å². The van der Waals surface area contributed by atoms with E-state index in [-0.39, 0.29) is 5.75 Å². The van der Waals surface area contributed by atoms with Crippen LogP contribution in [-0.2, 0) is 13.0 Å². The molecule has 0 aliphatic carbocycles. The molecule has 0 atom stereocenters. The average Bonchev–Trinajstić information content (AvgIpc) is 2.38. The third-order valence-electron chi connectivity index (χ3n) is 2.69. The SMILES string of the molecule is CCc1ccc(COc2ccccc2O)cc1. The van der Waals surface area contributed by atoms with Crippen LogP contribution in [0.2, 0.25) is 0 Å². The van der Waals surface area contributed by atoms with Crippen LogP contribution in [-0.4, -0.2) is 5.11 Å². The number of para-hydroxylation sites is 2. The lowest BCUT2D eigenvalue weighted by Crippen LogP contribution is -1.95. The van der Waals surface area contributed by atoms with Crippen LogP contribution >= 0.6 is 0 Å². The highest BCUT2D eigenvalue weighted by Gasteiger charge is 2.00. The Balaban J connectivity index is 2.00. The van der Waals surface area contributed by atoms with E-state index in [9.17, 15) is 5.11 Å². The number of phenols is 1. The molecule has 2 aromatic rings. The topological polar surface area (TPSA) is 29.5 Å². The van der Waals surface area contributed by atoms with Crippen molar-refractivity contribution in [2.45, 2.75) is 20.0 Å². The first kappa shape index (κ1) is 11.5. The van der Waals surface area contributed by atoms with Crippen molar-refractivity contribution in [3.05, 3.63) is 59.7 Å². The van der Waals surface area contributed by atoms with Gasteiger partial charge in [0.2, 0.25) is 0 Å². The first-order valence-corrected chi connectivity index (χ1v) is 5.78. The van der Waals surface area contributed by atoms with Crippen LogP contribution in [0.25, 0.3) is 0 Å². The Kier molecular flexibility index (Phi) is 3.66. The summed E-state index contributed by atoms with van der Waals surface area (Å²) in [6.07, 6.45) is 1.04. The second-order valence-electron chi connectivity index (χ2n) is 3.93. The van der Waals surface area contributed by atoms with Gasteiger partial charge in [-0.05, 0) is 29.7 Å². The lowest BCUT2D eigenvalue weighted by atomic mass is 10.1. The van der Waals surface area contributed by atoms with Gasteiger partial charge in [0.05, 0.1) is 0 Å². The maximum absolute atomic E-state index is 9.55. The molecule has 0 saturated heterocycles. The fourth-order valence-electron chi connectivity index (χ4n) is 1.61. The van der Waals surface area contributed by atoms with Crippen molar-refractivity contribution in [3.8, 4) is 11.5 Å². The van der Waals surface area contributed by atoms with Crippen molar-refractivity contribution in [1.82, 2.24) is 0 Å². The van der Waals surface area contributed by atoms with Gasteiger partial charge in [0.1, 0.15) is 6.61 Å². The van der Waals surface area contributed by atoms with Crippen LogP contribution in [0.5, 0.6) is 11.5 Å². The minimum atomic E-state index is 0.178. The fraction of sp³-hybridized carbons (Fsp3) is 0.200. The molecule has 0 fully saturated rings. The molecule has 0 radical (unpaired) electrons. The summed E-state index contributed by atoms with van der Waals surface area (Å²) in [7, 11) is 0. The maximum atomic E-state index is 9.55. The Hall–Kier alpha value is -1.96. The molecule has 0 aromatic heterocycles. The first-order chi connectivity index (χ1) is 8.29. The molecule has 0 unspecified atom stereocenters. The van der Waals surface area contributed by atoms with Crippen LogP contribution in [0.4, 0.5) is 0 Å². The molecule has 17 heavy (non-hydrogen) atoms. The van der Waals surface area contributed by atoms with Gasteiger partial charge in [-0.2, -0.15) is 0 Å². The van der Waals surface area contributed by atoms with Gasteiger partial charge in [-0.25, -0.2) is 0 Å². The Morgan fingerprint density at radius 1 is 0.941 bits per heavy atom. The van der Waals surface area contributed by atoms with E-state index in [1.54, 1.807) is 18.2 Å². The third kappa shape index (κ3) is 3.00. The molecule has 0 heterocycles. The molecule has 0 amide bonds. The third-order valence-corrected chi connectivity index (χ3v) is 2.69. The number of benzene rings is 2. The summed E-state index contributed by atoms with van der Waals surface area (Å²) in [5, 5.41) is 9.55. The van der Waals surface area contributed by atoms with Crippen LogP contribution in [0.1, 0.15) is 18.1 Å². The van der Waals surface area contributed by atoms with Gasteiger partial charge < -0.3 is 9.84 Å². The highest BCUT2D eigenvalue weighted by atomic mass is 16.5. The lowest BCUT2D eigenvalue weighted by molar-refractivity contribution is 0.289. The smallest absolute Gasteiger partial charge is 0.161 e. The molecule has 88 valence electrons. The minimum Gasteiger partial charge on any atom is -0.504 e. The van der Waals surface area contributed by atoms with E-state index in [1.165, 1.54) is 5.56 Å². The number of aryl methyl sites for hydroxylation is 1. The van der Waals surface area contributed by atoms with Crippen molar-refractivity contribution in [3.63, 3.8) is 0 Å². The summed E-state index contributed by atoms with van der Waals surface area (Å²) in [4.78, 5) is 0. The Labute approximate surface area is 101 Å². The van der Waals surface area contributed by atoms with E-state index >= 15 is 0 Å². The molecule has 0 spiro atoms. The predicted octanol–water partition coefficient (Wildman–Crippen LogP) is 3.53. The quantitative estimate of drug-likeness (QED) is 0.867.